The predicted molar refractivity (Wildman–Crippen MR) is 59.3 cm³/mol. The standard InChI is InChI=1S/C12H23NO/c1-11(2,3)10(14)9-7-8-13(9)12(4,5)6/h9H,7-8H2,1-6H3. The Hall–Kier alpha value is -0.370. The first kappa shape index (κ1) is 11.7. The van der Waals surface area contributed by atoms with Crippen LogP contribution in [-0.4, -0.2) is 28.8 Å². The largest absolute Gasteiger partial charge is 0.297 e. The molecule has 82 valence electrons. The van der Waals surface area contributed by atoms with Gasteiger partial charge >= 0.3 is 0 Å². The van der Waals surface area contributed by atoms with E-state index < -0.39 is 0 Å². The molecule has 2 nitrogen and oxygen atoms in total. The van der Waals surface area contributed by atoms with E-state index in [4.69, 9.17) is 0 Å². The van der Waals surface area contributed by atoms with Crippen LogP contribution in [0.25, 0.3) is 0 Å². The Morgan fingerprint density at radius 3 is 1.86 bits per heavy atom. The molecule has 1 atom stereocenters. The molecule has 1 fully saturated rings. The van der Waals surface area contributed by atoms with Crippen molar-refractivity contribution in [1.82, 2.24) is 4.90 Å². The fourth-order valence-electron chi connectivity index (χ4n) is 1.96. The van der Waals surface area contributed by atoms with Gasteiger partial charge in [0, 0.05) is 17.5 Å². The van der Waals surface area contributed by atoms with Crippen LogP contribution < -0.4 is 0 Å². The number of hydrogen-bond donors (Lipinski definition) is 0. The van der Waals surface area contributed by atoms with Gasteiger partial charge in [-0.25, -0.2) is 0 Å². The van der Waals surface area contributed by atoms with Crippen LogP contribution in [0.1, 0.15) is 48.0 Å². The second-order valence-corrected chi connectivity index (χ2v) is 6.28. The van der Waals surface area contributed by atoms with Crippen LogP contribution in [0.2, 0.25) is 0 Å². The summed E-state index contributed by atoms with van der Waals surface area (Å²) in [5.41, 5.74) is -0.0710. The Morgan fingerprint density at radius 2 is 1.64 bits per heavy atom. The molecule has 1 heterocycles. The summed E-state index contributed by atoms with van der Waals surface area (Å²) in [6.07, 6.45) is 1.04. The first-order valence-electron chi connectivity index (χ1n) is 5.45. The molecule has 2 heteroatoms. The van der Waals surface area contributed by atoms with E-state index >= 15 is 0 Å². The smallest absolute Gasteiger partial charge is 0.155 e. The molecule has 0 N–H and O–H groups in total. The van der Waals surface area contributed by atoms with Crippen molar-refractivity contribution >= 4 is 5.78 Å². The molecule has 1 unspecified atom stereocenters. The lowest BCUT2D eigenvalue weighted by atomic mass is 9.79. The average molecular weight is 197 g/mol. The minimum Gasteiger partial charge on any atom is -0.297 e. The van der Waals surface area contributed by atoms with Crippen LogP contribution in [0.4, 0.5) is 0 Å². The normalized spacial score (nSPS) is 24.6. The zero-order valence-corrected chi connectivity index (χ0v) is 10.3. The van der Waals surface area contributed by atoms with E-state index in [-0.39, 0.29) is 17.0 Å². The van der Waals surface area contributed by atoms with Gasteiger partial charge in [-0.15, -0.1) is 0 Å². The molecule has 0 aromatic rings. The number of Topliss-reactive ketones (excluding diaryl/α,β-unsaturated/α-hetero) is 1. The predicted octanol–water partition coefficient (Wildman–Crippen LogP) is 2.47. The third-order valence-electron chi connectivity index (χ3n) is 2.92. The van der Waals surface area contributed by atoms with Crippen molar-refractivity contribution in [2.45, 2.75) is 59.5 Å². The molecule has 0 bridgehead atoms. The highest BCUT2D eigenvalue weighted by Crippen LogP contribution is 2.32. The van der Waals surface area contributed by atoms with Crippen LogP contribution in [0.3, 0.4) is 0 Å². The summed E-state index contributed by atoms with van der Waals surface area (Å²) in [5.74, 6) is 0.388. The topological polar surface area (TPSA) is 20.3 Å². The van der Waals surface area contributed by atoms with Crippen LogP contribution in [0, 0.1) is 5.41 Å². The van der Waals surface area contributed by atoms with Gasteiger partial charge in [0.05, 0.1) is 6.04 Å². The summed E-state index contributed by atoms with van der Waals surface area (Å²) >= 11 is 0. The van der Waals surface area contributed by atoms with Crippen molar-refractivity contribution in [3.05, 3.63) is 0 Å². The molecule has 0 amide bonds. The molecular formula is C12H23NO. The van der Waals surface area contributed by atoms with Gasteiger partial charge in [0.2, 0.25) is 0 Å². The molecule has 1 aliphatic rings. The van der Waals surface area contributed by atoms with E-state index in [0.29, 0.717) is 5.78 Å². The summed E-state index contributed by atoms with van der Waals surface area (Å²) in [6.45, 7) is 13.6. The maximum Gasteiger partial charge on any atom is 0.155 e. The molecule has 1 rings (SSSR count). The molecule has 0 saturated carbocycles. The number of carbonyl (C=O) groups is 1. The number of rotatable bonds is 1. The van der Waals surface area contributed by atoms with Gasteiger partial charge in [-0.2, -0.15) is 0 Å². The Labute approximate surface area is 87.7 Å². The second kappa shape index (κ2) is 3.34. The Balaban J connectivity index is 2.69. The Kier molecular flexibility index (Phi) is 2.79. The fourth-order valence-corrected chi connectivity index (χ4v) is 1.96. The number of ketones is 1. The lowest BCUT2D eigenvalue weighted by molar-refractivity contribution is -0.140. The van der Waals surface area contributed by atoms with Crippen LogP contribution in [0.15, 0.2) is 0 Å². The monoisotopic (exact) mass is 197 g/mol. The lowest BCUT2D eigenvalue weighted by Crippen LogP contribution is -2.62. The van der Waals surface area contributed by atoms with Crippen LogP contribution in [0.5, 0.6) is 0 Å². The summed E-state index contributed by atoms with van der Waals surface area (Å²) in [5, 5.41) is 0. The summed E-state index contributed by atoms with van der Waals surface area (Å²) < 4.78 is 0. The molecule has 0 spiro atoms. The number of carbonyl (C=O) groups excluding carboxylic acids is 1. The molecule has 14 heavy (non-hydrogen) atoms. The molecule has 1 aliphatic heterocycles. The van der Waals surface area contributed by atoms with Gasteiger partial charge < -0.3 is 0 Å². The van der Waals surface area contributed by atoms with Crippen LogP contribution >= 0.6 is 0 Å². The SMILES string of the molecule is CC(C)(C)C(=O)C1CCN1C(C)(C)C. The number of nitrogens with zero attached hydrogens (tertiary/aromatic N) is 1. The first-order valence-corrected chi connectivity index (χ1v) is 5.45. The lowest BCUT2D eigenvalue weighted by Gasteiger charge is -2.50. The fraction of sp³-hybridized carbons (Fsp3) is 0.917. The number of hydrogen-bond acceptors (Lipinski definition) is 2. The van der Waals surface area contributed by atoms with Gasteiger partial charge in [0.1, 0.15) is 0 Å². The molecule has 0 aromatic heterocycles. The first-order chi connectivity index (χ1) is 6.14. The van der Waals surface area contributed by atoms with Crippen molar-refractivity contribution < 1.29 is 4.79 Å². The third kappa shape index (κ3) is 2.17. The Morgan fingerprint density at radius 1 is 1.14 bits per heavy atom. The van der Waals surface area contributed by atoms with Gasteiger partial charge in [-0.3, -0.25) is 9.69 Å². The van der Waals surface area contributed by atoms with Gasteiger partial charge in [0.25, 0.3) is 0 Å². The Bertz CT molecular complexity index is 232. The maximum absolute atomic E-state index is 12.1. The van der Waals surface area contributed by atoms with E-state index in [1.54, 1.807) is 0 Å². The highest BCUT2D eigenvalue weighted by molar-refractivity contribution is 5.89. The number of likely N-dealkylation sites (tertiary alicyclic amines) is 1. The minimum absolute atomic E-state index is 0.129. The van der Waals surface area contributed by atoms with Gasteiger partial charge in [-0.05, 0) is 27.2 Å². The van der Waals surface area contributed by atoms with E-state index in [1.807, 2.05) is 20.8 Å². The molecule has 0 aromatic carbocycles. The van der Waals surface area contributed by atoms with Crippen molar-refractivity contribution in [2.24, 2.45) is 5.41 Å². The summed E-state index contributed by atoms with van der Waals surface area (Å²) in [6, 6.07) is 0.162. The van der Waals surface area contributed by atoms with Gasteiger partial charge in [-0.1, -0.05) is 20.8 Å². The molecule has 0 radical (unpaired) electrons. The summed E-state index contributed by atoms with van der Waals surface area (Å²) in [7, 11) is 0. The van der Waals surface area contributed by atoms with Crippen molar-refractivity contribution in [3.63, 3.8) is 0 Å². The third-order valence-corrected chi connectivity index (χ3v) is 2.92. The van der Waals surface area contributed by atoms with Gasteiger partial charge in [0.15, 0.2) is 5.78 Å². The highest BCUT2D eigenvalue weighted by Gasteiger charge is 2.43. The summed E-state index contributed by atoms with van der Waals surface area (Å²) in [4.78, 5) is 14.4. The van der Waals surface area contributed by atoms with Crippen molar-refractivity contribution in [3.8, 4) is 0 Å². The minimum atomic E-state index is -0.200. The van der Waals surface area contributed by atoms with E-state index in [2.05, 4.69) is 25.7 Å². The average Bonchev–Trinajstić information content (AvgIpc) is 1.77. The zero-order chi connectivity index (χ0) is 11.1. The molecule has 1 saturated heterocycles. The van der Waals surface area contributed by atoms with Crippen molar-refractivity contribution in [2.75, 3.05) is 6.54 Å². The second-order valence-electron chi connectivity index (χ2n) is 6.28. The van der Waals surface area contributed by atoms with Crippen molar-refractivity contribution in [1.29, 1.82) is 0 Å². The molecule has 0 aliphatic carbocycles. The van der Waals surface area contributed by atoms with Crippen LogP contribution in [-0.2, 0) is 4.79 Å². The van der Waals surface area contributed by atoms with E-state index in [9.17, 15) is 4.79 Å². The highest BCUT2D eigenvalue weighted by atomic mass is 16.1. The van der Waals surface area contributed by atoms with E-state index in [0.717, 1.165) is 13.0 Å². The molecular weight excluding hydrogens is 174 g/mol. The maximum atomic E-state index is 12.1. The zero-order valence-electron chi connectivity index (χ0n) is 10.3. The quantitative estimate of drug-likeness (QED) is 0.643. The van der Waals surface area contributed by atoms with E-state index in [1.165, 1.54) is 0 Å².